The molecule has 0 aliphatic heterocycles. The first-order chi connectivity index (χ1) is 6.61. The molecule has 0 heterocycles. The number of halogens is 1. The van der Waals surface area contributed by atoms with Gasteiger partial charge in [0.25, 0.3) is 0 Å². The van der Waals surface area contributed by atoms with E-state index in [2.05, 4.69) is 15.9 Å². The number of rotatable bonds is 3. The van der Waals surface area contributed by atoms with Crippen molar-refractivity contribution in [2.75, 3.05) is 13.7 Å². The summed E-state index contributed by atoms with van der Waals surface area (Å²) in [6.45, 7) is 0.263. The molecule has 1 atom stereocenters. The lowest BCUT2D eigenvalue weighted by Crippen LogP contribution is -2.21. The molecular weight excluding hydrogens is 248 g/mol. The third kappa shape index (κ3) is 2.00. The van der Waals surface area contributed by atoms with Crippen LogP contribution in [0.4, 0.5) is 0 Å². The highest BCUT2D eigenvalue weighted by Crippen LogP contribution is 2.37. The van der Waals surface area contributed by atoms with Crippen molar-refractivity contribution in [3.8, 4) is 11.5 Å². The van der Waals surface area contributed by atoms with E-state index >= 15 is 0 Å². The van der Waals surface area contributed by atoms with Crippen molar-refractivity contribution in [2.24, 2.45) is 11.5 Å². The second-order valence-electron chi connectivity index (χ2n) is 2.85. The molecule has 0 aliphatic rings. The van der Waals surface area contributed by atoms with E-state index in [4.69, 9.17) is 16.2 Å². The fourth-order valence-electron chi connectivity index (χ4n) is 1.20. The molecule has 5 N–H and O–H groups in total. The molecule has 0 spiro atoms. The summed E-state index contributed by atoms with van der Waals surface area (Å²) in [7, 11) is 1.49. The maximum atomic E-state index is 9.78. The number of phenols is 1. The van der Waals surface area contributed by atoms with Gasteiger partial charge in [0.05, 0.1) is 7.11 Å². The highest BCUT2D eigenvalue weighted by Gasteiger charge is 2.16. The van der Waals surface area contributed by atoms with Gasteiger partial charge in [0.1, 0.15) is 0 Å². The van der Waals surface area contributed by atoms with Crippen LogP contribution in [-0.4, -0.2) is 18.8 Å². The summed E-state index contributed by atoms with van der Waals surface area (Å²) in [6, 6.07) is 3.02. The van der Waals surface area contributed by atoms with E-state index in [1.165, 1.54) is 7.11 Å². The van der Waals surface area contributed by atoms with Crippen LogP contribution in [0.15, 0.2) is 16.6 Å². The van der Waals surface area contributed by atoms with Gasteiger partial charge in [0.2, 0.25) is 0 Å². The number of nitrogens with two attached hydrogens (primary N) is 2. The summed E-state index contributed by atoms with van der Waals surface area (Å²) in [6.07, 6.45) is 0. The lowest BCUT2D eigenvalue weighted by atomic mass is 10.1. The number of phenolic OH excluding ortho intramolecular Hbond substituents is 1. The van der Waals surface area contributed by atoms with Crippen LogP contribution in [0.2, 0.25) is 0 Å². The van der Waals surface area contributed by atoms with Crippen molar-refractivity contribution < 1.29 is 9.84 Å². The molecule has 0 amide bonds. The first-order valence-corrected chi connectivity index (χ1v) is 4.92. The molecule has 0 saturated carbocycles. The van der Waals surface area contributed by atoms with Gasteiger partial charge in [-0.15, -0.1) is 0 Å². The van der Waals surface area contributed by atoms with Gasteiger partial charge in [0, 0.05) is 22.6 Å². The molecule has 0 radical (unpaired) electrons. The molecule has 0 aliphatic carbocycles. The monoisotopic (exact) mass is 260 g/mol. The minimum atomic E-state index is -0.403. The standard InChI is InChI=1S/C9H13BrN2O2/c1-14-7-3-2-5(10)8(9(7)13)6(12)4-11/h2-3,6,13H,4,11-12H2,1H3/t6-/m0/s1. The summed E-state index contributed by atoms with van der Waals surface area (Å²) in [4.78, 5) is 0. The van der Waals surface area contributed by atoms with Crippen molar-refractivity contribution in [3.05, 3.63) is 22.2 Å². The minimum absolute atomic E-state index is 0.0415. The van der Waals surface area contributed by atoms with E-state index < -0.39 is 6.04 Å². The van der Waals surface area contributed by atoms with E-state index in [-0.39, 0.29) is 12.3 Å². The van der Waals surface area contributed by atoms with Crippen LogP contribution in [0.1, 0.15) is 11.6 Å². The van der Waals surface area contributed by atoms with Gasteiger partial charge in [-0.2, -0.15) is 0 Å². The van der Waals surface area contributed by atoms with Crippen molar-refractivity contribution in [3.63, 3.8) is 0 Å². The predicted octanol–water partition coefficient (Wildman–Crippen LogP) is 1.12. The van der Waals surface area contributed by atoms with Crippen LogP contribution in [0.5, 0.6) is 11.5 Å². The Bertz CT molecular complexity index is 331. The van der Waals surface area contributed by atoms with E-state index in [0.717, 1.165) is 4.47 Å². The number of hydrogen-bond donors (Lipinski definition) is 3. The minimum Gasteiger partial charge on any atom is -0.504 e. The van der Waals surface area contributed by atoms with Crippen molar-refractivity contribution in [1.82, 2.24) is 0 Å². The van der Waals surface area contributed by atoms with Gasteiger partial charge in [-0.3, -0.25) is 0 Å². The lowest BCUT2D eigenvalue weighted by molar-refractivity contribution is 0.368. The zero-order valence-electron chi connectivity index (χ0n) is 7.83. The SMILES string of the molecule is COc1ccc(Br)c([C@@H](N)CN)c1O. The molecule has 14 heavy (non-hydrogen) atoms. The molecule has 1 rings (SSSR count). The van der Waals surface area contributed by atoms with E-state index in [1.807, 2.05) is 0 Å². The molecule has 0 fully saturated rings. The predicted molar refractivity (Wildman–Crippen MR) is 58.3 cm³/mol. The van der Waals surface area contributed by atoms with Crippen molar-refractivity contribution in [1.29, 1.82) is 0 Å². The van der Waals surface area contributed by atoms with Gasteiger partial charge in [-0.1, -0.05) is 15.9 Å². The summed E-state index contributed by atoms with van der Waals surface area (Å²) in [5, 5.41) is 9.78. The average Bonchev–Trinajstić information content (AvgIpc) is 2.18. The summed E-state index contributed by atoms with van der Waals surface area (Å²) in [5.74, 6) is 0.437. The smallest absolute Gasteiger partial charge is 0.163 e. The lowest BCUT2D eigenvalue weighted by Gasteiger charge is -2.15. The van der Waals surface area contributed by atoms with Crippen LogP contribution < -0.4 is 16.2 Å². The number of hydrogen-bond acceptors (Lipinski definition) is 4. The van der Waals surface area contributed by atoms with Crippen LogP contribution in [0.25, 0.3) is 0 Å². The third-order valence-corrected chi connectivity index (χ3v) is 2.66. The maximum absolute atomic E-state index is 9.78. The summed E-state index contributed by atoms with van der Waals surface area (Å²) >= 11 is 3.30. The molecule has 0 unspecified atom stereocenters. The molecule has 1 aromatic rings. The quantitative estimate of drug-likeness (QED) is 0.761. The highest BCUT2D eigenvalue weighted by molar-refractivity contribution is 9.10. The Balaban J connectivity index is 3.25. The Morgan fingerprint density at radius 3 is 2.71 bits per heavy atom. The first kappa shape index (κ1) is 11.3. The van der Waals surface area contributed by atoms with Crippen LogP contribution in [0.3, 0.4) is 0 Å². The second-order valence-corrected chi connectivity index (χ2v) is 3.71. The van der Waals surface area contributed by atoms with Crippen molar-refractivity contribution >= 4 is 15.9 Å². The maximum Gasteiger partial charge on any atom is 0.163 e. The van der Waals surface area contributed by atoms with Crippen LogP contribution in [-0.2, 0) is 0 Å². The molecular formula is C9H13BrN2O2. The van der Waals surface area contributed by atoms with Gasteiger partial charge in [-0.25, -0.2) is 0 Å². The topological polar surface area (TPSA) is 81.5 Å². The molecule has 0 aromatic heterocycles. The normalized spacial score (nSPS) is 12.6. The molecule has 0 bridgehead atoms. The third-order valence-electron chi connectivity index (χ3n) is 1.97. The Kier molecular flexibility index (Phi) is 3.74. The Hall–Kier alpha value is -0.780. The van der Waals surface area contributed by atoms with E-state index in [1.54, 1.807) is 12.1 Å². The zero-order chi connectivity index (χ0) is 10.7. The molecule has 5 heteroatoms. The van der Waals surface area contributed by atoms with Crippen LogP contribution in [0, 0.1) is 0 Å². The van der Waals surface area contributed by atoms with Gasteiger partial charge in [0.15, 0.2) is 11.5 Å². The molecule has 78 valence electrons. The van der Waals surface area contributed by atoms with Crippen molar-refractivity contribution in [2.45, 2.75) is 6.04 Å². The zero-order valence-corrected chi connectivity index (χ0v) is 9.41. The number of methoxy groups -OCH3 is 1. The van der Waals surface area contributed by atoms with Crippen LogP contribution >= 0.6 is 15.9 Å². The number of ether oxygens (including phenoxy) is 1. The fraction of sp³-hybridized carbons (Fsp3) is 0.333. The number of aromatic hydroxyl groups is 1. The Morgan fingerprint density at radius 1 is 1.57 bits per heavy atom. The van der Waals surface area contributed by atoms with E-state index in [9.17, 15) is 5.11 Å². The fourth-order valence-corrected chi connectivity index (χ4v) is 1.81. The average molecular weight is 261 g/mol. The highest BCUT2D eigenvalue weighted by atomic mass is 79.9. The van der Waals surface area contributed by atoms with Gasteiger partial charge in [-0.05, 0) is 12.1 Å². The molecule has 1 aromatic carbocycles. The van der Waals surface area contributed by atoms with Gasteiger partial charge >= 0.3 is 0 Å². The molecule has 4 nitrogen and oxygen atoms in total. The molecule has 0 saturated heterocycles. The summed E-state index contributed by atoms with van der Waals surface area (Å²) < 4.78 is 5.70. The van der Waals surface area contributed by atoms with Gasteiger partial charge < -0.3 is 21.3 Å². The Labute approximate surface area is 91.0 Å². The summed E-state index contributed by atoms with van der Waals surface area (Å²) in [5.41, 5.74) is 11.8. The Morgan fingerprint density at radius 2 is 2.21 bits per heavy atom. The van der Waals surface area contributed by atoms with E-state index in [0.29, 0.717) is 11.3 Å². The second kappa shape index (κ2) is 4.63. The first-order valence-electron chi connectivity index (χ1n) is 4.12. The number of benzene rings is 1. The largest absolute Gasteiger partial charge is 0.504 e.